The minimum Gasteiger partial charge on any atom is -0.453 e. The summed E-state index contributed by atoms with van der Waals surface area (Å²) in [4.78, 5) is 59.6. The van der Waals surface area contributed by atoms with Gasteiger partial charge in [0.05, 0.1) is 61.6 Å². The molecule has 0 spiro atoms. The number of hydrogen-bond acceptors (Lipinski definition) is 10. The number of epoxide rings is 1. The largest absolute Gasteiger partial charge is 0.453 e. The molecule has 0 radical (unpaired) electrons. The second-order valence-electron chi connectivity index (χ2n) is 14.5. The van der Waals surface area contributed by atoms with Gasteiger partial charge in [-0.15, -0.1) is 0 Å². The Morgan fingerprint density at radius 2 is 1.73 bits per heavy atom. The number of alkyl carbamates (subject to hydrolysis) is 2. The highest BCUT2D eigenvalue weighted by molar-refractivity contribution is 5.94. The van der Waals surface area contributed by atoms with Gasteiger partial charge in [0.25, 0.3) is 0 Å². The number of rotatable bonds is 12. The summed E-state index contributed by atoms with van der Waals surface area (Å²) < 4.78 is 17.7. The molecule has 0 saturated carbocycles. The summed E-state index contributed by atoms with van der Waals surface area (Å²) in [6.07, 6.45) is 5.30. The minimum absolute atomic E-state index is 0.0536. The molecule has 3 aromatic rings. The molecule has 0 bridgehead atoms. The zero-order valence-corrected chi connectivity index (χ0v) is 31.0. The third kappa shape index (κ3) is 7.44. The van der Waals surface area contributed by atoms with E-state index in [2.05, 4.69) is 34.4 Å². The van der Waals surface area contributed by atoms with Crippen LogP contribution in [-0.4, -0.2) is 111 Å². The maximum absolute atomic E-state index is 13.6. The summed E-state index contributed by atoms with van der Waals surface area (Å²) in [5, 5.41) is 5.61. The maximum atomic E-state index is 13.6. The summed E-state index contributed by atoms with van der Waals surface area (Å²) in [6, 6.07) is 4.78. The molecule has 0 aliphatic carbocycles. The van der Waals surface area contributed by atoms with E-state index in [1.165, 1.54) is 14.2 Å². The van der Waals surface area contributed by atoms with Gasteiger partial charge in [0, 0.05) is 18.7 Å². The number of likely N-dealkylation sites (tertiary alicyclic amines) is 2. The fourth-order valence-corrected chi connectivity index (χ4v) is 7.65. The molecule has 7 atom stereocenters. The van der Waals surface area contributed by atoms with Gasteiger partial charge in [0.1, 0.15) is 36.2 Å². The molecule has 5 N–H and O–H groups in total. The Morgan fingerprint density at radius 1 is 1.00 bits per heavy atom. The summed E-state index contributed by atoms with van der Waals surface area (Å²) in [6.45, 7) is 11.2. The molecule has 6 rings (SSSR count). The fraction of sp³-hybridized carbons (Fsp3) is 0.611. The van der Waals surface area contributed by atoms with Gasteiger partial charge in [-0.25, -0.2) is 24.5 Å². The van der Waals surface area contributed by atoms with Crippen molar-refractivity contribution in [1.29, 1.82) is 0 Å². The van der Waals surface area contributed by atoms with Gasteiger partial charge in [-0.1, -0.05) is 39.8 Å². The van der Waals surface area contributed by atoms with Crippen LogP contribution in [0.4, 0.5) is 9.59 Å². The van der Waals surface area contributed by atoms with E-state index in [9.17, 15) is 14.4 Å². The third-order valence-electron chi connectivity index (χ3n) is 10.5. The number of carbonyl (C=O) groups is 3. The van der Waals surface area contributed by atoms with Crippen LogP contribution < -0.4 is 16.4 Å². The molecule has 52 heavy (non-hydrogen) atoms. The number of methoxy groups -OCH3 is 2. The summed E-state index contributed by atoms with van der Waals surface area (Å²) in [5.41, 5.74) is 10.1. The lowest BCUT2D eigenvalue weighted by Crippen LogP contribution is -2.54. The number of amides is 3. The van der Waals surface area contributed by atoms with E-state index in [1.807, 2.05) is 49.7 Å². The van der Waals surface area contributed by atoms with E-state index >= 15 is 0 Å². The SMILES string of the molecule is COC(=O)N[C@@H](C(C)C)C1OC1N1CCC[C@H]1c1ncc(-c2cccc3c2ncn3C(C)N=C(N)[C@@H]2CCCN2C(=O)[C@@H](NC(=O)OC)C(C)C)[nH]1. The highest BCUT2D eigenvalue weighted by Crippen LogP contribution is 2.42. The van der Waals surface area contributed by atoms with Crippen LogP contribution in [0.1, 0.15) is 78.3 Å². The number of fused-ring (bicyclic) bond motifs is 1. The predicted molar refractivity (Wildman–Crippen MR) is 194 cm³/mol. The van der Waals surface area contributed by atoms with E-state index in [-0.39, 0.29) is 48.2 Å². The van der Waals surface area contributed by atoms with E-state index in [4.69, 9.17) is 34.9 Å². The van der Waals surface area contributed by atoms with E-state index in [0.29, 0.717) is 18.8 Å². The number of amidine groups is 1. The van der Waals surface area contributed by atoms with Crippen LogP contribution in [0.25, 0.3) is 22.3 Å². The van der Waals surface area contributed by atoms with Crippen molar-refractivity contribution < 1.29 is 28.6 Å². The molecule has 3 aliphatic rings. The zero-order valence-electron chi connectivity index (χ0n) is 31.0. The second-order valence-corrected chi connectivity index (χ2v) is 14.5. The number of nitrogens with one attached hydrogen (secondary N) is 3. The zero-order chi connectivity index (χ0) is 37.3. The van der Waals surface area contributed by atoms with Crippen molar-refractivity contribution in [3.63, 3.8) is 0 Å². The number of ether oxygens (including phenoxy) is 3. The van der Waals surface area contributed by atoms with Crippen molar-refractivity contribution in [2.24, 2.45) is 22.6 Å². The lowest BCUT2D eigenvalue weighted by molar-refractivity contribution is -0.134. The van der Waals surface area contributed by atoms with E-state index < -0.39 is 24.4 Å². The molecule has 3 saturated heterocycles. The van der Waals surface area contributed by atoms with Crippen molar-refractivity contribution in [3.8, 4) is 11.3 Å². The van der Waals surface area contributed by atoms with E-state index in [1.54, 1.807) is 11.2 Å². The number of carbonyl (C=O) groups excluding carboxylic acids is 3. The molecule has 282 valence electrons. The first kappa shape index (κ1) is 37.1. The Bertz CT molecular complexity index is 1790. The quantitative estimate of drug-likeness (QED) is 0.121. The number of H-pyrrole nitrogens is 1. The molecule has 16 heteroatoms. The van der Waals surface area contributed by atoms with Crippen molar-refractivity contribution in [3.05, 3.63) is 36.5 Å². The van der Waals surface area contributed by atoms with Gasteiger partial charge >= 0.3 is 12.2 Å². The third-order valence-corrected chi connectivity index (χ3v) is 10.5. The lowest BCUT2D eigenvalue weighted by atomic mass is 10.0. The van der Waals surface area contributed by atoms with Crippen LogP contribution in [0, 0.1) is 11.8 Å². The molecule has 1 aromatic carbocycles. The smallest absolute Gasteiger partial charge is 0.407 e. The Labute approximate surface area is 303 Å². The summed E-state index contributed by atoms with van der Waals surface area (Å²) in [5.74, 6) is 1.06. The highest BCUT2D eigenvalue weighted by atomic mass is 16.6. The Kier molecular flexibility index (Phi) is 11.0. The van der Waals surface area contributed by atoms with Crippen LogP contribution in [0.5, 0.6) is 0 Å². The van der Waals surface area contributed by atoms with Crippen molar-refractivity contribution in [2.45, 2.75) is 103 Å². The minimum atomic E-state index is -0.736. The molecule has 16 nitrogen and oxygen atoms in total. The topological polar surface area (TPSA) is 198 Å². The maximum Gasteiger partial charge on any atom is 0.407 e. The lowest BCUT2D eigenvalue weighted by Gasteiger charge is -2.30. The van der Waals surface area contributed by atoms with Crippen molar-refractivity contribution in [1.82, 2.24) is 40.0 Å². The molecule has 5 heterocycles. The Hall–Kier alpha value is -4.70. The fourth-order valence-electron chi connectivity index (χ4n) is 7.65. The molecule has 3 unspecified atom stereocenters. The number of imidazole rings is 2. The van der Waals surface area contributed by atoms with Crippen molar-refractivity contribution >= 4 is 35.0 Å². The van der Waals surface area contributed by atoms with Crippen molar-refractivity contribution in [2.75, 3.05) is 27.3 Å². The summed E-state index contributed by atoms with van der Waals surface area (Å²) >= 11 is 0. The Balaban J connectivity index is 1.17. The molecule has 3 fully saturated rings. The van der Waals surface area contributed by atoms with Crippen LogP contribution in [0.15, 0.2) is 35.7 Å². The molecule has 3 aliphatic heterocycles. The van der Waals surface area contributed by atoms with Gasteiger partial charge < -0.3 is 45.0 Å². The number of aromatic nitrogens is 4. The average molecular weight is 721 g/mol. The van der Waals surface area contributed by atoms with Crippen LogP contribution >= 0.6 is 0 Å². The molecule has 3 amide bonds. The number of nitrogens with zero attached hydrogens (tertiary/aromatic N) is 6. The summed E-state index contributed by atoms with van der Waals surface area (Å²) in [7, 11) is 2.64. The van der Waals surface area contributed by atoms with Gasteiger partial charge in [0.15, 0.2) is 0 Å². The number of hydrogen-bond donors (Lipinski definition) is 4. The van der Waals surface area contributed by atoms with Gasteiger partial charge in [-0.05, 0) is 50.5 Å². The van der Waals surface area contributed by atoms with Gasteiger partial charge in [-0.3, -0.25) is 9.69 Å². The van der Waals surface area contributed by atoms with Gasteiger partial charge in [-0.2, -0.15) is 0 Å². The second kappa shape index (κ2) is 15.5. The van der Waals surface area contributed by atoms with Gasteiger partial charge in [0.2, 0.25) is 5.91 Å². The molecular weight excluding hydrogens is 668 g/mol. The van der Waals surface area contributed by atoms with Crippen LogP contribution in [0.3, 0.4) is 0 Å². The first-order valence-electron chi connectivity index (χ1n) is 18.2. The number of aromatic amines is 1. The number of benzene rings is 1. The number of nitrogens with two attached hydrogens (primary N) is 1. The highest BCUT2D eigenvalue weighted by Gasteiger charge is 2.53. The molecule has 2 aromatic heterocycles. The first-order valence-corrected chi connectivity index (χ1v) is 18.2. The average Bonchev–Trinajstić information content (AvgIpc) is 3.67. The normalized spacial score (nSPS) is 23.9. The standard InChI is InChI=1S/C36H52N10O6/c1-19(2)27(42-35(48)50-6)30-34(52-30)45-16-10-14-26(45)32-38-17-23(41-32)22-11-8-12-24-29(22)39-18-46(24)21(5)40-31(37)25-13-9-15-44(25)33(47)28(20(3)4)43-36(49)51-7/h8,11-12,17-21,25-28,30,34H,9-10,13-16H2,1-7H3,(H2,37,40)(H,38,41)(H,42,48)(H,43,49)/t21?,25-,26-,27-,28-,30?,34?/m0/s1. The first-order chi connectivity index (χ1) is 24.9. The monoisotopic (exact) mass is 720 g/mol. The van der Waals surface area contributed by atoms with Crippen LogP contribution in [-0.2, 0) is 19.0 Å². The van der Waals surface area contributed by atoms with E-state index in [0.717, 1.165) is 53.9 Å². The molecular formula is C36H52N10O6. The van der Waals surface area contributed by atoms with Crippen LogP contribution in [0.2, 0.25) is 0 Å². The predicted octanol–water partition coefficient (Wildman–Crippen LogP) is 3.92. The number of aliphatic imine (C=N–C) groups is 1. The Morgan fingerprint density at radius 3 is 2.44 bits per heavy atom. The number of para-hydroxylation sites is 1.